The molecule has 0 fully saturated rings. The van der Waals surface area contributed by atoms with Gasteiger partial charge in [-0.2, -0.15) is 0 Å². The quantitative estimate of drug-likeness (QED) is 0.678. The van der Waals surface area contributed by atoms with Crippen molar-refractivity contribution < 1.29 is 4.79 Å². The fraction of sp³-hybridized carbons (Fsp3) is 0.190. The maximum Gasteiger partial charge on any atom is 0.270 e. The smallest absolute Gasteiger partial charge is 0.270 e. The number of halogens is 1. The summed E-state index contributed by atoms with van der Waals surface area (Å²) in [6.45, 7) is 1.19. The average Bonchev–Trinajstić information content (AvgIpc) is 2.72. The highest BCUT2D eigenvalue weighted by Crippen LogP contribution is 2.16. The van der Waals surface area contributed by atoms with Crippen molar-refractivity contribution >= 4 is 23.2 Å². The summed E-state index contributed by atoms with van der Waals surface area (Å²) in [7, 11) is 2.00. The first-order chi connectivity index (χ1) is 13.1. The minimum atomic E-state index is -0.223. The van der Waals surface area contributed by atoms with E-state index in [1.807, 2.05) is 43.4 Å². The predicted octanol–water partition coefficient (Wildman–Crippen LogP) is 3.74. The average molecular weight is 381 g/mol. The Bertz CT molecular complexity index is 901. The van der Waals surface area contributed by atoms with Gasteiger partial charge in [-0.3, -0.25) is 14.8 Å². The molecule has 0 saturated heterocycles. The number of likely N-dealkylation sites (N-methyl/N-ethyl adjacent to an activating group) is 1. The first-order valence-electron chi connectivity index (χ1n) is 8.71. The molecular weight excluding hydrogens is 360 g/mol. The van der Waals surface area contributed by atoms with Crippen LogP contribution in [-0.2, 0) is 13.0 Å². The molecular formula is C21H21ClN4O. The Labute approximate surface area is 164 Å². The zero-order valence-corrected chi connectivity index (χ0v) is 15.9. The fourth-order valence-electron chi connectivity index (χ4n) is 2.66. The van der Waals surface area contributed by atoms with Crippen LogP contribution in [0.1, 0.15) is 21.6 Å². The Morgan fingerprint density at radius 3 is 2.67 bits per heavy atom. The highest BCUT2D eigenvalue weighted by Gasteiger charge is 2.10. The van der Waals surface area contributed by atoms with Crippen molar-refractivity contribution in [1.29, 1.82) is 0 Å². The molecule has 2 heterocycles. The predicted molar refractivity (Wildman–Crippen MR) is 108 cm³/mol. The van der Waals surface area contributed by atoms with Gasteiger partial charge < -0.3 is 10.2 Å². The maximum atomic E-state index is 12.4. The van der Waals surface area contributed by atoms with Gasteiger partial charge in [0, 0.05) is 49.4 Å². The van der Waals surface area contributed by atoms with E-state index in [9.17, 15) is 4.79 Å². The van der Waals surface area contributed by atoms with Crippen molar-refractivity contribution in [3.63, 3.8) is 0 Å². The Hall–Kier alpha value is -2.92. The zero-order chi connectivity index (χ0) is 19.1. The first kappa shape index (κ1) is 18.9. The lowest BCUT2D eigenvalue weighted by atomic mass is 10.2. The molecule has 0 saturated carbocycles. The number of nitrogens with one attached hydrogen (secondary N) is 1. The zero-order valence-electron chi connectivity index (χ0n) is 15.1. The summed E-state index contributed by atoms with van der Waals surface area (Å²) in [5.74, 6) is -0.223. The van der Waals surface area contributed by atoms with Crippen molar-refractivity contribution in [2.45, 2.75) is 13.0 Å². The van der Waals surface area contributed by atoms with Gasteiger partial charge >= 0.3 is 0 Å². The highest BCUT2D eigenvalue weighted by atomic mass is 35.5. The second-order valence-electron chi connectivity index (χ2n) is 6.20. The molecule has 0 radical (unpaired) electrons. The summed E-state index contributed by atoms with van der Waals surface area (Å²) in [5, 5.41) is 3.50. The molecule has 0 bridgehead atoms. The van der Waals surface area contributed by atoms with Crippen LogP contribution in [0, 0.1) is 0 Å². The molecule has 1 amide bonds. The molecule has 0 spiro atoms. The van der Waals surface area contributed by atoms with Gasteiger partial charge in [0.05, 0.1) is 0 Å². The minimum Gasteiger partial charge on any atom is -0.374 e. The maximum absolute atomic E-state index is 12.4. The van der Waals surface area contributed by atoms with Crippen LogP contribution in [0.15, 0.2) is 67.1 Å². The molecule has 3 aromatic rings. The first-order valence-corrected chi connectivity index (χ1v) is 9.09. The van der Waals surface area contributed by atoms with E-state index < -0.39 is 0 Å². The molecule has 27 heavy (non-hydrogen) atoms. The number of anilines is 1. The second-order valence-corrected chi connectivity index (χ2v) is 6.61. The number of benzene rings is 1. The molecule has 0 aliphatic heterocycles. The highest BCUT2D eigenvalue weighted by molar-refractivity contribution is 6.31. The minimum absolute atomic E-state index is 0.223. The van der Waals surface area contributed by atoms with Crippen molar-refractivity contribution in [2.75, 3.05) is 18.5 Å². The normalized spacial score (nSPS) is 10.4. The third-order valence-electron chi connectivity index (χ3n) is 4.30. The third kappa shape index (κ3) is 5.28. The number of aromatic nitrogens is 2. The summed E-state index contributed by atoms with van der Waals surface area (Å²) in [4.78, 5) is 22.8. The number of carbonyl (C=O) groups is 1. The number of hydrogen-bond acceptors (Lipinski definition) is 4. The topological polar surface area (TPSA) is 58.1 Å². The van der Waals surface area contributed by atoms with E-state index >= 15 is 0 Å². The Morgan fingerprint density at radius 2 is 1.89 bits per heavy atom. The van der Waals surface area contributed by atoms with Gasteiger partial charge in [-0.1, -0.05) is 29.8 Å². The Kier molecular flexibility index (Phi) is 6.39. The van der Waals surface area contributed by atoms with Gasteiger partial charge in [-0.25, -0.2) is 0 Å². The number of carbonyl (C=O) groups excluding carboxylic acids is 1. The SMILES string of the molecule is CN(CCc1ccncc1)c1ccnc(C(=O)NCc2ccccc2Cl)c1. The molecule has 5 nitrogen and oxygen atoms in total. The van der Waals surface area contributed by atoms with Crippen LogP contribution in [0.3, 0.4) is 0 Å². The molecule has 0 aliphatic rings. The third-order valence-corrected chi connectivity index (χ3v) is 4.67. The molecule has 1 aromatic carbocycles. The van der Waals surface area contributed by atoms with Crippen molar-refractivity contribution in [2.24, 2.45) is 0 Å². The monoisotopic (exact) mass is 380 g/mol. The van der Waals surface area contributed by atoms with Crippen molar-refractivity contribution in [1.82, 2.24) is 15.3 Å². The Morgan fingerprint density at radius 1 is 1.11 bits per heavy atom. The molecule has 0 unspecified atom stereocenters. The number of amides is 1. The lowest BCUT2D eigenvalue weighted by molar-refractivity contribution is 0.0946. The lowest BCUT2D eigenvalue weighted by Crippen LogP contribution is -2.25. The van der Waals surface area contributed by atoms with E-state index in [4.69, 9.17) is 11.6 Å². The molecule has 0 atom stereocenters. The van der Waals surface area contributed by atoms with Gasteiger partial charge in [0.15, 0.2) is 0 Å². The van der Waals surface area contributed by atoms with E-state index in [0.29, 0.717) is 17.3 Å². The lowest BCUT2D eigenvalue weighted by Gasteiger charge is -2.19. The van der Waals surface area contributed by atoms with Gasteiger partial charge in [-0.15, -0.1) is 0 Å². The van der Waals surface area contributed by atoms with Gasteiger partial charge in [0.1, 0.15) is 5.69 Å². The van der Waals surface area contributed by atoms with Gasteiger partial charge in [0.2, 0.25) is 0 Å². The standard InChI is InChI=1S/C21H21ClN4O/c1-26(13-9-16-6-10-23-11-7-16)18-8-12-24-20(14-18)21(27)25-15-17-4-2-3-5-19(17)22/h2-8,10-12,14H,9,13,15H2,1H3,(H,25,27). The molecule has 3 rings (SSSR count). The summed E-state index contributed by atoms with van der Waals surface area (Å²) in [6, 6.07) is 15.2. The Balaban J connectivity index is 1.60. The molecule has 6 heteroatoms. The number of nitrogens with zero attached hydrogens (tertiary/aromatic N) is 3. The van der Waals surface area contributed by atoms with E-state index in [0.717, 1.165) is 24.2 Å². The van der Waals surface area contributed by atoms with E-state index in [2.05, 4.69) is 20.2 Å². The number of pyridine rings is 2. The number of hydrogen-bond donors (Lipinski definition) is 1. The van der Waals surface area contributed by atoms with E-state index in [-0.39, 0.29) is 5.91 Å². The van der Waals surface area contributed by atoms with Crippen molar-refractivity contribution in [3.05, 3.63) is 89.0 Å². The van der Waals surface area contributed by atoms with Crippen LogP contribution in [0.25, 0.3) is 0 Å². The van der Waals surface area contributed by atoms with E-state index in [1.165, 1.54) is 5.56 Å². The van der Waals surface area contributed by atoms with Crippen molar-refractivity contribution in [3.8, 4) is 0 Å². The molecule has 0 aliphatic carbocycles. The summed E-state index contributed by atoms with van der Waals surface area (Å²) in [6.07, 6.45) is 6.14. The summed E-state index contributed by atoms with van der Waals surface area (Å²) < 4.78 is 0. The van der Waals surface area contributed by atoms with Gasteiger partial charge in [0.25, 0.3) is 5.91 Å². The molecule has 138 valence electrons. The van der Waals surface area contributed by atoms with Crippen LogP contribution < -0.4 is 10.2 Å². The number of rotatable bonds is 7. The van der Waals surface area contributed by atoms with Crippen LogP contribution in [0.2, 0.25) is 5.02 Å². The van der Waals surface area contributed by atoms with Gasteiger partial charge in [-0.05, 0) is 47.9 Å². The second kappa shape index (κ2) is 9.14. The summed E-state index contributed by atoms with van der Waals surface area (Å²) >= 11 is 6.13. The summed E-state index contributed by atoms with van der Waals surface area (Å²) in [5.41, 5.74) is 3.43. The van der Waals surface area contributed by atoms with Crippen LogP contribution in [0.5, 0.6) is 0 Å². The van der Waals surface area contributed by atoms with E-state index in [1.54, 1.807) is 30.7 Å². The largest absolute Gasteiger partial charge is 0.374 e. The van der Waals surface area contributed by atoms with Crippen LogP contribution >= 0.6 is 11.6 Å². The molecule has 1 N–H and O–H groups in total. The van der Waals surface area contributed by atoms with Crippen LogP contribution in [-0.4, -0.2) is 29.5 Å². The van der Waals surface area contributed by atoms with Crippen LogP contribution in [0.4, 0.5) is 5.69 Å². The molecule has 2 aromatic heterocycles. The fourth-order valence-corrected chi connectivity index (χ4v) is 2.87.